The van der Waals surface area contributed by atoms with Crippen molar-refractivity contribution < 1.29 is 35.9 Å². The first-order valence-corrected chi connectivity index (χ1v) is 4.92. The molecule has 1 rings (SSSR count). The van der Waals surface area contributed by atoms with Gasteiger partial charge >= 0.3 is 12.5 Å². The number of para-hydroxylation sites is 1. The number of hydroxylamine groups is 1. The first kappa shape index (κ1) is 15.6. The van der Waals surface area contributed by atoms with E-state index in [2.05, 4.69) is 9.57 Å². The molecule has 0 spiro atoms. The van der Waals surface area contributed by atoms with E-state index in [0.29, 0.717) is 0 Å². The van der Waals surface area contributed by atoms with Gasteiger partial charge in [0, 0.05) is 12.1 Å². The molecule has 0 aliphatic rings. The summed E-state index contributed by atoms with van der Waals surface area (Å²) in [4.78, 5) is 4.08. The Morgan fingerprint density at radius 3 is 2.21 bits per heavy atom. The fourth-order valence-corrected chi connectivity index (χ4v) is 1.14. The molecule has 0 aromatic heterocycles. The maximum atomic E-state index is 12.0. The molecule has 0 bridgehead atoms. The van der Waals surface area contributed by atoms with E-state index < -0.39 is 24.9 Å². The van der Waals surface area contributed by atoms with Crippen molar-refractivity contribution in [2.24, 2.45) is 0 Å². The average Bonchev–Trinajstić information content (AvgIpc) is 2.23. The monoisotopic (exact) mass is 289 g/mol. The fourth-order valence-electron chi connectivity index (χ4n) is 1.14. The second-order valence-corrected chi connectivity index (χ2v) is 3.38. The van der Waals surface area contributed by atoms with Gasteiger partial charge in [-0.15, -0.1) is 13.2 Å². The lowest BCUT2D eigenvalue weighted by molar-refractivity contribution is -0.275. The van der Waals surface area contributed by atoms with Crippen molar-refractivity contribution in [1.82, 2.24) is 5.48 Å². The van der Waals surface area contributed by atoms with Crippen LogP contribution in [0.2, 0.25) is 0 Å². The maximum absolute atomic E-state index is 12.0. The van der Waals surface area contributed by atoms with Crippen molar-refractivity contribution in [3.63, 3.8) is 0 Å². The molecule has 19 heavy (non-hydrogen) atoms. The zero-order chi connectivity index (χ0) is 14.5. The van der Waals surface area contributed by atoms with Crippen LogP contribution in [-0.4, -0.2) is 19.1 Å². The molecule has 0 atom stereocenters. The molecule has 108 valence electrons. The second-order valence-electron chi connectivity index (χ2n) is 3.38. The topological polar surface area (TPSA) is 30.5 Å². The summed E-state index contributed by atoms with van der Waals surface area (Å²) in [6, 6.07) is 5.05. The fraction of sp³-hybridized carbons (Fsp3) is 0.400. The minimum absolute atomic E-state index is 0.0157. The molecule has 0 radical (unpaired) electrons. The number of benzene rings is 1. The van der Waals surface area contributed by atoms with Crippen molar-refractivity contribution in [2.45, 2.75) is 19.1 Å². The summed E-state index contributed by atoms with van der Waals surface area (Å²) >= 11 is 0. The smallest absolute Gasteiger partial charge is 0.405 e. The molecule has 0 unspecified atom stereocenters. The van der Waals surface area contributed by atoms with Crippen molar-refractivity contribution >= 4 is 0 Å². The van der Waals surface area contributed by atoms with E-state index in [9.17, 15) is 26.3 Å². The number of ether oxygens (including phenoxy) is 1. The molecule has 0 heterocycles. The van der Waals surface area contributed by atoms with Gasteiger partial charge in [0.15, 0.2) is 6.61 Å². The van der Waals surface area contributed by atoms with Crippen LogP contribution in [0.1, 0.15) is 5.56 Å². The molecule has 1 aromatic carbocycles. The maximum Gasteiger partial charge on any atom is 0.573 e. The van der Waals surface area contributed by atoms with E-state index in [4.69, 9.17) is 0 Å². The molecule has 0 amide bonds. The Balaban J connectivity index is 2.54. The molecule has 0 fully saturated rings. The summed E-state index contributed by atoms with van der Waals surface area (Å²) in [5, 5.41) is 0. The largest absolute Gasteiger partial charge is 0.573 e. The number of hydrogen-bond donors (Lipinski definition) is 1. The van der Waals surface area contributed by atoms with Gasteiger partial charge < -0.3 is 4.74 Å². The highest BCUT2D eigenvalue weighted by Gasteiger charge is 2.32. The van der Waals surface area contributed by atoms with E-state index in [-0.39, 0.29) is 12.1 Å². The first-order chi connectivity index (χ1) is 8.67. The Labute approximate surface area is 104 Å². The van der Waals surface area contributed by atoms with Gasteiger partial charge in [0.2, 0.25) is 0 Å². The Morgan fingerprint density at radius 2 is 1.63 bits per heavy atom. The van der Waals surface area contributed by atoms with Gasteiger partial charge in [-0.3, -0.25) is 4.84 Å². The van der Waals surface area contributed by atoms with Crippen LogP contribution < -0.4 is 10.2 Å². The van der Waals surface area contributed by atoms with Gasteiger partial charge in [-0.25, -0.2) is 0 Å². The number of rotatable bonds is 5. The van der Waals surface area contributed by atoms with Crippen LogP contribution >= 0.6 is 0 Å². The normalized spacial score (nSPS) is 12.5. The van der Waals surface area contributed by atoms with Crippen LogP contribution in [0.25, 0.3) is 0 Å². The highest BCUT2D eigenvalue weighted by Crippen LogP contribution is 2.26. The van der Waals surface area contributed by atoms with E-state index in [1.807, 2.05) is 5.48 Å². The van der Waals surface area contributed by atoms with Gasteiger partial charge in [-0.1, -0.05) is 18.2 Å². The lowest BCUT2D eigenvalue weighted by Crippen LogP contribution is -2.25. The third-order valence-electron chi connectivity index (χ3n) is 1.80. The van der Waals surface area contributed by atoms with Crippen LogP contribution in [0.5, 0.6) is 5.75 Å². The highest BCUT2D eigenvalue weighted by molar-refractivity contribution is 5.33. The van der Waals surface area contributed by atoms with Crippen LogP contribution in [-0.2, 0) is 11.4 Å². The molecular formula is C10H9F6NO2. The lowest BCUT2D eigenvalue weighted by atomic mass is 10.2. The molecule has 0 aliphatic heterocycles. The number of hydrogen-bond acceptors (Lipinski definition) is 3. The van der Waals surface area contributed by atoms with Crippen molar-refractivity contribution in [3.8, 4) is 5.75 Å². The number of halogens is 6. The Hall–Kier alpha value is -1.48. The zero-order valence-corrected chi connectivity index (χ0v) is 9.31. The molecule has 0 saturated carbocycles. The van der Waals surface area contributed by atoms with Gasteiger partial charge in [-0.2, -0.15) is 18.7 Å². The predicted octanol–water partition coefficient (Wildman–Crippen LogP) is 3.17. The lowest BCUT2D eigenvalue weighted by Gasteiger charge is -2.14. The minimum atomic E-state index is -4.87. The second kappa shape index (κ2) is 6.11. The van der Waals surface area contributed by atoms with Gasteiger partial charge in [-0.05, 0) is 6.07 Å². The minimum Gasteiger partial charge on any atom is -0.405 e. The standard InChI is InChI=1S/C10H9F6NO2/c11-9(12,13)6-18-17-5-7-3-1-2-4-8(7)19-10(14,15)16/h1-4,17H,5-6H2. The number of alkyl halides is 6. The van der Waals surface area contributed by atoms with Crippen LogP contribution in [0.4, 0.5) is 26.3 Å². The Morgan fingerprint density at radius 1 is 1.00 bits per heavy atom. The molecule has 3 nitrogen and oxygen atoms in total. The van der Waals surface area contributed by atoms with Crippen molar-refractivity contribution in [3.05, 3.63) is 29.8 Å². The average molecular weight is 289 g/mol. The van der Waals surface area contributed by atoms with E-state index in [1.165, 1.54) is 18.2 Å². The van der Waals surface area contributed by atoms with Gasteiger partial charge in [0.05, 0.1) is 0 Å². The van der Waals surface area contributed by atoms with Crippen LogP contribution in [0, 0.1) is 0 Å². The zero-order valence-electron chi connectivity index (χ0n) is 9.31. The summed E-state index contributed by atoms with van der Waals surface area (Å²) in [5.41, 5.74) is 1.93. The summed E-state index contributed by atoms with van der Waals surface area (Å²) in [6.07, 6.45) is -9.39. The third kappa shape index (κ3) is 6.87. The SMILES string of the molecule is FC(F)(F)CONCc1ccccc1OC(F)(F)F. The van der Waals surface area contributed by atoms with Gasteiger partial charge in [0.1, 0.15) is 5.75 Å². The predicted molar refractivity (Wildman–Crippen MR) is 52.0 cm³/mol. The first-order valence-electron chi connectivity index (χ1n) is 4.92. The molecule has 1 N–H and O–H groups in total. The molecule has 1 aromatic rings. The molecule has 0 aliphatic carbocycles. The van der Waals surface area contributed by atoms with Crippen molar-refractivity contribution in [2.75, 3.05) is 6.61 Å². The van der Waals surface area contributed by atoms with E-state index >= 15 is 0 Å². The van der Waals surface area contributed by atoms with E-state index in [1.54, 1.807) is 0 Å². The molecular weight excluding hydrogens is 280 g/mol. The quantitative estimate of drug-likeness (QED) is 0.513. The molecule has 9 heteroatoms. The Bertz CT molecular complexity index is 404. The third-order valence-corrected chi connectivity index (χ3v) is 1.80. The van der Waals surface area contributed by atoms with Crippen LogP contribution in [0.15, 0.2) is 24.3 Å². The Kier molecular flexibility index (Phi) is 5.01. The summed E-state index contributed by atoms with van der Waals surface area (Å²) in [6.45, 7) is -1.91. The summed E-state index contributed by atoms with van der Waals surface area (Å²) in [5.74, 6) is -0.502. The van der Waals surface area contributed by atoms with Crippen LogP contribution in [0.3, 0.4) is 0 Å². The number of nitrogens with one attached hydrogen (secondary N) is 1. The van der Waals surface area contributed by atoms with E-state index in [0.717, 1.165) is 6.07 Å². The highest BCUT2D eigenvalue weighted by atomic mass is 19.4. The summed E-state index contributed by atoms with van der Waals surface area (Å²) < 4.78 is 75.1. The molecule has 0 saturated heterocycles. The summed E-state index contributed by atoms with van der Waals surface area (Å²) in [7, 11) is 0. The van der Waals surface area contributed by atoms with Gasteiger partial charge in [0.25, 0.3) is 0 Å². The van der Waals surface area contributed by atoms with Crippen molar-refractivity contribution in [1.29, 1.82) is 0 Å².